The number of halogens is 5. The monoisotopic (exact) mass is 333 g/mol. The van der Waals surface area contributed by atoms with Crippen molar-refractivity contribution in [1.82, 2.24) is 0 Å². The Morgan fingerprint density at radius 2 is 1.62 bits per heavy atom. The molecular weight excluding hydrogens is 326 g/mol. The molecule has 0 saturated carbocycles. The molecule has 0 radical (unpaired) electrons. The van der Waals surface area contributed by atoms with Gasteiger partial charge < -0.3 is 5.32 Å². The van der Waals surface area contributed by atoms with Crippen molar-refractivity contribution in [2.75, 3.05) is 5.32 Å². The molecule has 0 atom stereocenters. The Balaban J connectivity index is 2.20. The zero-order valence-corrected chi connectivity index (χ0v) is 11.9. The first kappa shape index (κ1) is 15.7. The van der Waals surface area contributed by atoms with Crippen LogP contribution in [-0.4, -0.2) is 5.91 Å². The lowest BCUT2D eigenvalue weighted by Gasteiger charge is -2.11. The van der Waals surface area contributed by atoms with Gasteiger partial charge in [0, 0.05) is 10.6 Å². The molecule has 1 N–H and O–H groups in total. The Bertz CT molecular complexity index is 669. The SMILES string of the molecule is O=C(Nc1ccc(C(F)(F)F)cc1Cl)c1ccc(Cl)cc1. The van der Waals surface area contributed by atoms with Crippen LogP contribution in [0.15, 0.2) is 42.5 Å². The molecule has 2 aromatic carbocycles. The van der Waals surface area contributed by atoms with Crippen molar-refractivity contribution in [2.45, 2.75) is 6.18 Å². The summed E-state index contributed by atoms with van der Waals surface area (Å²) < 4.78 is 37.5. The van der Waals surface area contributed by atoms with Crippen LogP contribution in [0.1, 0.15) is 15.9 Å². The Morgan fingerprint density at radius 3 is 2.14 bits per heavy atom. The normalized spacial score (nSPS) is 11.3. The molecule has 1 amide bonds. The van der Waals surface area contributed by atoms with Crippen LogP contribution < -0.4 is 5.32 Å². The van der Waals surface area contributed by atoms with E-state index in [2.05, 4.69) is 5.32 Å². The molecule has 0 heterocycles. The second-order valence-corrected chi connectivity index (χ2v) is 5.00. The van der Waals surface area contributed by atoms with Crippen molar-refractivity contribution in [3.05, 3.63) is 63.6 Å². The molecule has 0 aromatic heterocycles. The Morgan fingerprint density at radius 1 is 1.00 bits per heavy atom. The molecule has 21 heavy (non-hydrogen) atoms. The molecule has 2 aromatic rings. The Labute approximate surface area is 128 Å². The van der Waals surface area contributed by atoms with Gasteiger partial charge in [0.1, 0.15) is 0 Å². The van der Waals surface area contributed by atoms with E-state index in [1.165, 1.54) is 24.3 Å². The van der Waals surface area contributed by atoms with E-state index < -0.39 is 17.6 Å². The third-order valence-electron chi connectivity index (χ3n) is 2.65. The molecule has 2 nitrogen and oxygen atoms in total. The number of carbonyl (C=O) groups is 1. The van der Waals surface area contributed by atoms with Crippen molar-refractivity contribution in [2.24, 2.45) is 0 Å². The summed E-state index contributed by atoms with van der Waals surface area (Å²) in [6.45, 7) is 0. The number of hydrogen-bond donors (Lipinski definition) is 1. The van der Waals surface area contributed by atoms with E-state index in [0.717, 1.165) is 18.2 Å². The standard InChI is InChI=1S/C14H8Cl2F3NO/c15-10-4-1-8(2-5-10)13(21)20-12-6-3-9(7-11(12)16)14(17,18)19/h1-7H,(H,20,21). The Kier molecular flexibility index (Phi) is 4.44. The van der Waals surface area contributed by atoms with Crippen molar-refractivity contribution < 1.29 is 18.0 Å². The van der Waals surface area contributed by atoms with Gasteiger partial charge in [-0.15, -0.1) is 0 Å². The van der Waals surface area contributed by atoms with Gasteiger partial charge in [-0.3, -0.25) is 4.79 Å². The lowest BCUT2D eigenvalue weighted by molar-refractivity contribution is -0.137. The van der Waals surface area contributed by atoms with Crippen LogP contribution in [0.3, 0.4) is 0 Å². The highest BCUT2D eigenvalue weighted by Crippen LogP contribution is 2.33. The van der Waals surface area contributed by atoms with E-state index in [0.29, 0.717) is 10.6 Å². The van der Waals surface area contributed by atoms with Crippen LogP contribution in [0.5, 0.6) is 0 Å². The van der Waals surface area contributed by atoms with Gasteiger partial charge in [0.15, 0.2) is 0 Å². The van der Waals surface area contributed by atoms with E-state index >= 15 is 0 Å². The number of anilines is 1. The highest BCUT2D eigenvalue weighted by Gasteiger charge is 2.31. The van der Waals surface area contributed by atoms with Crippen molar-refractivity contribution in [3.8, 4) is 0 Å². The zero-order chi connectivity index (χ0) is 15.6. The summed E-state index contributed by atoms with van der Waals surface area (Å²) in [6.07, 6.45) is -4.48. The maximum Gasteiger partial charge on any atom is 0.416 e. The van der Waals surface area contributed by atoms with Crippen molar-refractivity contribution in [3.63, 3.8) is 0 Å². The van der Waals surface area contributed by atoms with E-state index in [9.17, 15) is 18.0 Å². The van der Waals surface area contributed by atoms with Crippen molar-refractivity contribution in [1.29, 1.82) is 0 Å². The maximum atomic E-state index is 12.5. The number of hydrogen-bond acceptors (Lipinski definition) is 1. The minimum Gasteiger partial charge on any atom is -0.321 e. The van der Waals surface area contributed by atoms with Crippen LogP contribution >= 0.6 is 23.2 Å². The number of amides is 1. The summed E-state index contributed by atoms with van der Waals surface area (Å²) in [7, 11) is 0. The second-order valence-electron chi connectivity index (χ2n) is 4.15. The van der Waals surface area contributed by atoms with Gasteiger partial charge in [0.05, 0.1) is 16.3 Å². The highest BCUT2D eigenvalue weighted by molar-refractivity contribution is 6.34. The fraction of sp³-hybridized carbons (Fsp3) is 0.0714. The third kappa shape index (κ3) is 3.89. The average Bonchev–Trinajstić information content (AvgIpc) is 2.40. The van der Waals surface area contributed by atoms with Crippen LogP contribution in [0, 0.1) is 0 Å². The first-order chi connectivity index (χ1) is 9.77. The molecule has 0 saturated heterocycles. The van der Waals surface area contributed by atoms with Crippen LogP contribution in [0.2, 0.25) is 10.0 Å². The molecule has 0 aliphatic heterocycles. The van der Waals surface area contributed by atoms with Crippen LogP contribution in [-0.2, 0) is 6.18 Å². The number of alkyl halides is 3. The summed E-state index contributed by atoms with van der Waals surface area (Å²) in [5.41, 5.74) is -0.461. The molecule has 0 spiro atoms. The lowest BCUT2D eigenvalue weighted by Crippen LogP contribution is -2.12. The van der Waals surface area contributed by atoms with Gasteiger partial charge >= 0.3 is 6.18 Å². The lowest BCUT2D eigenvalue weighted by atomic mass is 10.1. The minimum atomic E-state index is -4.48. The smallest absolute Gasteiger partial charge is 0.321 e. The van der Waals surface area contributed by atoms with Gasteiger partial charge in [-0.1, -0.05) is 23.2 Å². The average molecular weight is 334 g/mol. The molecular formula is C14H8Cl2F3NO. The van der Waals surface area contributed by atoms with Gasteiger partial charge in [-0.25, -0.2) is 0 Å². The number of rotatable bonds is 2. The summed E-state index contributed by atoms with van der Waals surface area (Å²) in [6, 6.07) is 8.78. The van der Waals surface area contributed by atoms with E-state index in [4.69, 9.17) is 23.2 Å². The van der Waals surface area contributed by atoms with Crippen molar-refractivity contribution >= 4 is 34.8 Å². The van der Waals surface area contributed by atoms with Crippen LogP contribution in [0.25, 0.3) is 0 Å². The largest absolute Gasteiger partial charge is 0.416 e. The summed E-state index contributed by atoms with van der Waals surface area (Å²) in [4.78, 5) is 11.9. The van der Waals surface area contributed by atoms with Gasteiger partial charge in [0.25, 0.3) is 5.91 Å². The van der Waals surface area contributed by atoms with E-state index in [1.807, 2.05) is 0 Å². The molecule has 0 fully saturated rings. The first-order valence-corrected chi connectivity index (χ1v) is 6.46. The zero-order valence-electron chi connectivity index (χ0n) is 10.3. The fourth-order valence-corrected chi connectivity index (χ4v) is 1.94. The third-order valence-corrected chi connectivity index (χ3v) is 3.22. The number of benzene rings is 2. The second kappa shape index (κ2) is 5.95. The van der Waals surface area contributed by atoms with Gasteiger partial charge in [-0.2, -0.15) is 13.2 Å². The van der Waals surface area contributed by atoms with Crippen LogP contribution in [0.4, 0.5) is 18.9 Å². The molecule has 0 aliphatic carbocycles. The predicted molar refractivity (Wildman–Crippen MR) is 75.9 cm³/mol. The van der Waals surface area contributed by atoms with Gasteiger partial charge in [0.2, 0.25) is 0 Å². The molecule has 0 aliphatic rings. The summed E-state index contributed by atoms with van der Waals surface area (Å²) in [5, 5.41) is 2.73. The summed E-state index contributed by atoms with van der Waals surface area (Å²) >= 11 is 11.5. The fourth-order valence-electron chi connectivity index (χ4n) is 1.59. The topological polar surface area (TPSA) is 29.1 Å². The number of nitrogens with one attached hydrogen (secondary N) is 1. The van der Waals surface area contributed by atoms with E-state index in [1.54, 1.807) is 0 Å². The first-order valence-electron chi connectivity index (χ1n) is 5.71. The highest BCUT2D eigenvalue weighted by atomic mass is 35.5. The summed E-state index contributed by atoms with van der Waals surface area (Å²) in [5.74, 6) is -0.492. The molecule has 0 bridgehead atoms. The van der Waals surface area contributed by atoms with Gasteiger partial charge in [-0.05, 0) is 42.5 Å². The maximum absolute atomic E-state index is 12.5. The molecule has 110 valence electrons. The molecule has 7 heteroatoms. The predicted octanol–water partition coefficient (Wildman–Crippen LogP) is 5.26. The quantitative estimate of drug-likeness (QED) is 0.797. The molecule has 0 unspecified atom stereocenters. The van der Waals surface area contributed by atoms with E-state index in [-0.39, 0.29) is 10.7 Å². The minimum absolute atomic E-state index is 0.101. The number of carbonyl (C=O) groups excluding carboxylic acids is 1. The molecule has 2 rings (SSSR count). The Hall–Kier alpha value is -1.72.